The third-order valence-electron chi connectivity index (χ3n) is 4.27. The van der Waals surface area contributed by atoms with Crippen LogP contribution in [0.2, 0.25) is 0 Å². The van der Waals surface area contributed by atoms with Crippen molar-refractivity contribution in [2.75, 3.05) is 5.32 Å². The largest absolute Gasteiger partial charge is 0.619 e. The monoisotopic (exact) mass is 393 g/mol. The first-order valence-corrected chi connectivity index (χ1v) is 9.99. The zero-order valence-corrected chi connectivity index (χ0v) is 17.0. The number of nitrogens with one attached hydrogen (secondary N) is 1. The molecule has 1 amide bonds. The van der Waals surface area contributed by atoms with Gasteiger partial charge in [0, 0.05) is 29.8 Å². The molecule has 1 N–H and O–H groups in total. The number of carbonyl (C=O) groups excluding carboxylic acids is 1. The van der Waals surface area contributed by atoms with Gasteiger partial charge in [-0.25, -0.2) is 4.98 Å². The molecule has 28 heavy (non-hydrogen) atoms. The molecule has 0 aliphatic rings. The summed E-state index contributed by atoms with van der Waals surface area (Å²) >= 11 is 1.47. The van der Waals surface area contributed by atoms with Gasteiger partial charge in [0.05, 0.1) is 5.56 Å². The fourth-order valence-corrected chi connectivity index (χ4v) is 3.57. The van der Waals surface area contributed by atoms with Gasteiger partial charge in [0.2, 0.25) is 0 Å². The fourth-order valence-electron chi connectivity index (χ4n) is 2.62. The minimum absolute atomic E-state index is 0.0680. The second-order valence-electron chi connectivity index (χ2n) is 7.49. The highest BCUT2D eigenvalue weighted by atomic mass is 32.2. The van der Waals surface area contributed by atoms with Crippen molar-refractivity contribution in [1.29, 1.82) is 0 Å². The molecule has 0 unspecified atom stereocenters. The molecule has 1 aromatic carbocycles. The highest BCUT2D eigenvalue weighted by molar-refractivity contribution is 7.98. The molecular formula is C22H23N3O2S. The Hall–Kier alpha value is -2.86. The van der Waals surface area contributed by atoms with Crippen molar-refractivity contribution in [2.45, 2.75) is 37.0 Å². The predicted octanol–water partition coefficient (Wildman–Crippen LogP) is 4.56. The van der Waals surface area contributed by atoms with Gasteiger partial charge in [-0.05, 0) is 40.8 Å². The van der Waals surface area contributed by atoms with Crippen molar-refractivity contribution in [3.05, 3.63) is 89.0 Å². The Labute approximate surface area is 169 Å². The topological polar surface area (TPSA) is 68.9 Å². The van der Waals surface area contributed by atoms with Gasteiger partial charge < -0.3 is 10.5 Å². The van der Waals surface area contributed by atoms with Crippen molar-refractivity contribution in [3.63, 3.8) is 0 Å². The van der Waals surface area contributed by atoms with Crippen LogP contribution in [0.25, 0.3) is 0 Å². The minimum Gasteiger partial charge on any atom is -0.619 e. The third kappa shape index (κ3) is 5.10. The average molecular weight is 394 g/mol. The summed E-state index contributed by atoms with van der Waals surface area (Å²) in [7, 11) is 0. The molecule has 0 aliphatic carbocycles. The lowest BCUT2D eigenvalue weighted by Gasteiger charge is -2.19. The predicted molar refractivity (Wildman–Crippen MR) is 112 cm³/mol. The number of pyridine rings is 2. The average Bonchev–Trinajstić information content (AvgIpc) is 2.67. The van der Waals surface area contributed by atoms with E-state index in [4.69, 9.17) is 0 Å². The molecule has 3 aromatic rings. The number of hydrogen-bond acceptors (Lipinski definition) is 4. The van der Waals surface area contributed by atoms with Gasteiger partial charge in [-0.3, -0.25) is 4.79 Å². The van der Waals surface area contributed by atoms with Gasteiger partial charge in [-0.15, -0.1) is 11.8 Å². The maximum atomic E-state index is 12.8. The normalized spacial score (nSPS) is 11.2. The van der Waals surface area contributed by atoms with Crippen molar-refractivity contribution in [2.24, 2.45) is 0 Å². The van der Waals surface area contributed by atoms with Crippen LogP contribution < -0.4 is 10.0 Å². The van der Waals surface area contributed by atoms with E-state index in [1.165, 1.54) is 29.7 Å². The standard InChI is InChI=1S/C22H23N3O2S/c1-22(2,3)17-6-8-18(9-7-17)24-20(26)19-5-4-12-23-21(19)28-15-16-10-13-25(27)14-11-16/h4-14H,15H2,1-3H3,(H,24,26). The molecule has 0 spiro atoms. The maximum absolute atomic E-state index is 12.8. The first-order valence-electron chi connectivity index (χ1n) is 9.00. The number of anilines is 1. The molecule has 0 bridgehead atoms. The number of benzene rings is 1. The first-order chi connectivity index (χ1) is 13.3. The molecular weight excluding hydrogens is 370 g/mol. The Morgan fingerprint density at radius 1 is 1.11 bits per heavy atom. The van der Waals surface area contributed by atoms with Crippen molar-refractivity contribution in [3.8, 4) is 0 Å². The fraction of sp³-hybridized carbons (Fsp3) is 0.227. The molecule has 2 aromatic heterocycles. The van der Waals surface area contributed by atoms with Crippen molar-refractivity contribution in [1.82, 2.24) is 4.98 Å². The van der Waals surface area contributed by atoms with E-state index in [0.29, 0.717) is 16.3 Å². The minimum atomic E-state index is -0.190. The SMILES string of the molecule is CC(C)(C)c1ccc(NC(=O)c2cccnc2SCc2cc[n+]([O-])cc2)cc1. The summed E-state index contributed by atoms with van der Waals surface area (Å²) in [4.78, 5) is 17.1. The summed E-state index contributed by atoms with van der Waals surface area (Å²) in [5.74, 6) is 0.433. The van der Waals surface area contributed by atoms with E-state index in [-0.39, 0.29) is 11.3 Å². The van der Waals surface area contributed by atoms with Crippen molar-refractivity contribution >= 4 is 23.4 Å². The van der Waals surface area contributed by atoms with Crippen LogP contribution in [-0.2, 0) is 11.2 Å². The molecule has 2 heterocycles. The zero-order chi connectivity index (χ0) is 20.1. The quantitative estimate of drug-likeness (QED) is 0.392. The Balaban J connectivity index is 1.71. The number of nitrogens with zero attached hydrogens (tertiary/aromatic N) is 2. The van der Waals surface area contributed by atoms with Crippen LogP contribution in [0.5, 0.6) is 0 Å². The van der Waals surface area contributed by atoms with E-state index in [0.717, 1.165) is 16.0 Å². The molecule has 0 aliphatic heterocycles. The van der Waals surface area contributed by atoms with E-state index in [9.17, 15) is 10.0 Å². The summed E-state index contributed by atoms with van der Waals surface area (Å²) in [6.45, 7) is 6.47. The number of amides is 1. The molecule has 5 nitrogen and oxygen atoms in total. The highest BCUT2D eigenvalue weighted by Crippen LogP contribution is 2.26. The van der Waals surface area contributed by atoms with Gasteiger partial charge in [0.1, 0.15) is 5.03 Å². The molecule has 3 rings (SSSR count). The van der Waals surface area contributed by atoms with Crippen LogP contribution in [-0.4, -0.2) is 10.9 Å². The smallest absolute Gasteiger partial charge is 0.258 e. The number of carbonyl (C=O) groups is 1. The summed E-state index contributed by atoms with van der Waals surface area (Å²) in [6, 6.07) is 15.0. The number of hydrogen-bond donors (Lipinski definition) is 1. The third-order valence-corrected chi connectivity index (χ3v) is 5.35. The Kier molecular flexibility index (Phi) is 5.99. The van der Waals surface area contributed by atoms with Crippen LogP contribution in [0, 0.1) is 5.21 Å². The molecule has 0 radical (unpaired) electrons. The molecule has 0 fully saturated rings. The lowest BCUT2D eigenvalue weighted by molar-refractivity contribution is -0.605. The van der Waals surface area contributed by atoms with Gasteiger partial charge in [-0.1, -0.05) is 32.9 Å². The number of aromatic nitrogens is 2. The Morgan fingerprint density at radius 2 is 1.79 bits per heavy atom. The zero-order valence-electron chi connectivity index (χ0n) is 16.2. The van der Waals surface area contributed by atoms with E-state index in [1.54, 1.807) is 30.5 Å². The van der Waals surface area contributed by atoms with Gasteiger partial charge >= 0.3 is 0 Å². The van der Waals surface area contributed by atoms with E-state index in [1.807, 2.05) is 24.3 Å². The molecule has 0 saturated carbocycles. The summed E-state index contributed by atoms with van der Waals surface area (Å²) in [6.07, 6.45) is 4.60. The first kappa shape index (κ1) is 19.9. The Morgan fingerprint density at radius 3 is 2.43 bits per heavy atom. The number of rotatable bonds is 5. The van der Waals surface area contributed by atoms with Crippen LogP contribution >= 0.6 is 11.8 Å². The van der Waals surface area contributed by atoms with Crippen LogP contribution in [0.4, 0.5) is 5.69 Å². The lowest BCUT2D eigenvalue weighted by Crippen LogP contribution is -2.23. The lowest BCUT2D eigenvalue weighted by atomic mass is 9.87. The molecule has 144 valence electrons. The van der Waals surface area contributed by atoms with E-state index in [2.05, 4.69) is 31.1 Å². The van der Waals surface area contributed by atoms with E-state index < -0.39 is 0 Å². The van der Waals surface area contributed by atoms with Gasteiger partial charge in [0.15, 0.2) is 12.4 Å². The van der Waals surface area contributed by atoms with Crippen LogP contribution in [0.1, 0.15) is 42.3 Å². The van der Waals surface area contributed by atoms with Crippen LogP contribution in [0.3, 0.4) is 0 Å². The second kappa shape index (κ2) is 8.44. The van der Waals surface area contributed by atoms with Crippen molar-refractivity contribution < 1.29 is 9.52 Å². The Bertz CT molecular complexity index is 949. The number of thioether (sulfide) groups is 1. The van der Waals surface area contributed by atoms with E-state index >= 15 is 0 Å². The molecule has 0 saturated heterocycles. The summed E-state index contributed by atoms with van der Waals surface area (Å²) in [5, 5.41) is 14.7. The van der Waals surface area contributed by atoms with Crippen LogP contribution in [0.15, 0.2) is 72.1 Å². The highest BCUT2D eigenvalue weighted by Gasteiger charge is 2.15. The van der Waals surface area contributed by atoms with Gasteiger partial charge in [0.25, 0.3) is 5.91 Å². The van der Waals surface area contributed by atoms with Gasteiger partial charge in [-0.2, -0.15) is 4.73 Å². The summed E-state index contributed by atoms with van der Waals surface area (Å²) in [5.41, 5.74) is 3.55. The molecule has 6 heteroatoms. The maximum Gasteiger partial charge on any atom is 0.258 e. The molecule has 0 atom stereocenters. The summed E-state index contributed by atoms with van der Waals surface area (Å²) < 4.78 is 0.749. The second-order valence-corrected chi connectivity index (χ2v) is 8.46.